The Hall–Kier alpha value is -1.19. The Morgan fingerprint density at radius 1 is 1.28 bits per heavy atom. The van der Waals surface area contributed by atoms with Crippen LogP contribution in [0.2, 0.25) is 0 Å². The van der Waals surface area contributed by atoms with Crippen LogP contribution < -0.4 is 5.32 Å². The van der Waals surface area contributed by atoms with Crippen LogP contribution >= 0.6 is 15.9 Å². The fraction of sp³-hybridized carbons (Fsp3) is 0.267. The molecule has 0 fully saturated rings. The molecule has 2 nitrogen and oxygen atoms in total. The van der Waals surface area contributed by atoms with Gasteiger partial charge in [0, 0.05) is 16.9 Å². The average molecular weight is 305 g/mol. The van der Waals surface area contributed by atoms with Crippen LogP contribution in [-0.4, -0.2) is 11.5 Å². The van der Waals surface area contributed by atoms with E-state index in [0.717, 1.165) is 11.0 Å². The third-order valence-electron chi connectivity index (χ3n) is 3.05. The quantitative estimate of drug-likeness (QED) is 0.928. The van der Waals surface area contributed by atoms with Gasteiger partial charge in [0.25, 0.3) is 0 Å². The summed E-state index contributed by atoms with van der Waals surface area (Å²) in [4.78, 5) is 4.21. The Kier molecular flexibility index (Phi) is 4.50. The summed E-state index contributed by atoms with van der Waals surface area (Å²) < 4.78 is 1.15. The van der Waals surface area contributed by atoms with Crippen LogP contribution in [0.4, 0.5) is 0 Å². The van der Waals surface area contributed by atoms with E-state index in [4.69, 9.17) is 0 Å². The highest BCUT2D eigenvalue weighted by atomic mass is 79.9. The molecule has 0 aliphatic heterocycles. The lowest BCUT2D eigenvalue weighted by Gasteiger charge is -2.21. The van der Waals surface area contributed by atoms with Gasteiger partial charge in [-0.05, 0) is 42.3 Å². The SMILES string of the molecule is CCNC(c1cccnc1)c1cccc(Br)c1C. The molecule has 1 aromatic heterocycles. The van der Waals surface area contributed by atoms with Crippen LogP contribution in [0.3, 0.4) is 0 Å². The van der Waals surface area contributed by atoms with Gasteiger partial charge in [-0.3, -0.25) is 4.98 Å². The van der Waals surface area contributed by atoms with Gasteiger partial charge in [-0.1, -0.05) is 41.1 Å². The minimum Gasteiger partial charge on any atom is -0.306 e. The van der Waals surface area contributed by atoms with E-state index in [9.17, 15) is 0 Å². The summed E-state index contributed by atoms with van der Waals surface area (Å²) in [6.45, 7) is 5.18. The Balaban J connectivity index is 2.45. The highest BCUT2D eigenvalue weighted by molar-refractivity contribution is 9.10. The summed E-state index contributed by atoms with van der Waals surface area (Å²) >= 11 is 3.59. The lowest BCUT2D eigenvalue weighted by Crippen LogP contribution is -2.23. The Morgan fingerprint density at radius 2 is 2.11 bits per heavy atom. The Labute approximate surface area is 117 Å². The zero-order valence-corrected chi connectivity index (χ0v) is 12.2. The third kappa shape index (κ3) is 2.79. The summed E-state index contributed by atoms with van der Waals surface area (Å²) in [5.41, 5.74) is 3.76. The molecule has 0 saturated heterocycles. The molecule has 0 amide bonds. The summed E-state index contributed by atoms with van der Waals surface area (Å²) in [6.07, 6.45) is 3.73. The molecule has 0 spiro atoms. The zero-order chi connectivity index (χ0) is 13.0. The number of aromatic nitrogens is 1. The van der Waals surface area contributed by atoms with Gasteiger partial charge in [-0.2, -0.15) is 0 Å². The van der Waals surface area contributed by atoms with Crippen molar-refractivity contribution in [1.29, 1.82) is 0 Å². The van der Waals surface area contributed by atoms with E-state index in [2.05, 4.69) is 64.3 Å². The number of hydrogen-bond donors (Lipinski definition) is 1. The van der Waals surface area contributed by atoms with Crippen molar-refractivity contribution < 1.29 is 0 Å². The van der Waals surface area contributed by atoms with Crippen molar-refractivity contribution in [3.63, 3.8) is 0 Å². The minimum atomic E-state index is 0.196. The molecule has 0 aliphatic rings. The predicted molar refractivity (Wildman–Crippen MR) is 78.6 cm³/mol. The van der Waals surface area contributed by atoms with Crippen LogP contribution in [0.25, 0.3) is 0 Å². The lowest BCUT2D eigenvalue weighted by molar-refractivity contribution is 0.625. The summed E-state index contributed by atoms with van der Waals surface area (Å²) in [5.74, 6) is 0. The number of nitrogens with one attached hydrogen (secondary N) is 1. The number of hydrogen-bond acceptors (Lipinski definition) is 2. The van der Waals surface area contributed by atoms with Gasteiger partial charge in [-0.15, -0.1) is 0 Å². The van der Waals surface area contributed by atoms with E-state index in [1.54, 1.807) is 6.20 Å². The molecule has 2 aromatic rings. The van der Waals surface area contributed by atoms with E-state index in [-0.39, 0.29) is 6.04 Å². The molecular formula is C15H17BrN2. The summed E-state index contributed by atoms with van der Waals surface area (Å²) in [5, 5.41) is 3.52. The van der Waals surface area contributed by atoms with E-state index >= 15 is 0 Å². The van der Waals surface area contributed by atoms with Crippen molar-refractivity contribution in [2.75, 3.05) is 6.54 Å². The smallest absolute Gasteiger partial charge is 0.0594 e. The highest BCUT2D eigenvalue weighted by Gasteiger charge is 2.15. The number of pyridine rings is 1. The Morgan fingerprint density at radius 3 is 2.78 bits per heavy atom. The van der Waals surface area contributed by atoms with Gasteiger partial charge in [0.05, 0.1) is 6.04 Å². The topological polar surface area (TPSA) is 24.9 Å². The van der Waals surface area contributed by atoms with Gasteiger partial charge in [0.15, 0.2) is 0 Å². The van der Waals surface area contributed by atoms with E-state index < -0.39 is 0 Å². The number of benzene rings is 1. The van der Waals surface area contributed by atoms with Gasteiger partial charge in [-0.25, -0.2) is 0 Å². The van der Waals surface area contributed by atoms with E-state index in [1.807, 2.05) is 12.3 Å². The van der Waals surface area contributed by atoms with Crippen molar-refractivity contribution in [2.45, 2.75) is 19.9 Å². The first kappa shape index (κ1) is 13.2. The van der Waals surface area contributed by atoms with Crippen molar-refractivity contribution in [3.05, 3.63) is 63.9 Å². The summed E-state index contributed by atoms with van der Waals surface area (Å²) in [7, 11) is 0. The first-order valence-electron chi connectivity index (χ1n) is 6.12. The first-order valence-corrected chi connectivity index (χ1v) is 6.91. The number of nitrogens with zero attached hydrogens (tertiary/aromatic N) is 1. The monoisotopic (exact) mass is 304 g/mol. The zero-order valence-electron chi connectivity index (χ0n) is 10.7. The minimum absolute atomic E-state index is 0.196. The summed E-state index contributed by atoms with van der Waals surface area (Å²) in [6, 6.07) is 10.6. The molecule has 18 heavy (non-hydrogen) atoms. The molecule has 1 aromatic carbocycles. The van der Waals surface area contributed by atoms with Gasteiger partial charge in [0.1, 0.15) is 0 Å². The molecule has 2 rings (SSSR count). The van der Waals surface area contributed by atoms with E-state index in [0.29, 0.717) is 0 Å². The number of halogens is 1. The second-order valence-corrected chi connectivity index (χ2v) is 5.09. The molecule has 0 aliphatic carbocycles. The van der Waals surface area contributed by atoms with Crippen molar-refractivity contribution in [1.82, 2.24) is 10.3 Å². The molecular weight excluding hydrogens is 288 g/mol. The molecule has 94 valence electrons. The van der Waals surface area contributed by atoms with Crippen LogP contribution in [0, 0.1) is 6.92 Å². The molecule has 0 saturated carbocycles. The average Bonchev–Trinajstić information content (AvgIpc) is 2.41. The van der Waals surface area contributed by atoms with Crippen LogP contribution in [-0.2, 0) is 0 Å². The molecule has 0 bridgehead atoms. The highest BCUT2D eigenvalue weighted by Crippen LogP contribution is 2.28. The Bertz CT molecular complexity index is 511. The third-order valence-corrected chi connectivity index (χ3v) is 3.91. The molecule has 3 heteroatoms. The molecule has 1 N–H and O–H groups in total. The fourth-order valence-electron chi connectivity index (χ4n) is 2.10. The molecule has 1 heterocycles. The fourth-order valence-corrected chi connectivity index (χ4v) is 2.48. The van der Waals surface area contributed by atoms with Crippen molar-refractivity contribution >= 4 is 15.9 Å². The van der Waals surface area contributed by atoms with Crippen molar-refractivity contribution in [3.8, 4) is 0 Å². The largest absolute Gasteiger partial charge is 0.306 e. The molecule has 0 radical (unpaired) electrons. The van der Waals surface area contributed by atoms with E-state index in [1.165, 1.54) is 16.7 Å². The van der Waals surface area contributed by atoms with Gasteiger partial charge < -0.3 is 5.32 Å². The lowest BCUT2D eigenvalue weighted by atomic mass is 9.96. The molecule has 1 atom stereocenters. The molecule has 1 unspecified atom stereocenters. The van der Waals surface area contributed by atoms with Crippen LogP contribution in [0.5, 0.6) is 0 Å². The second-order valence-electron chi connectivity index (χ2n) is 4.23. The van der Waals surface area contributed by atoms with Crippen LogP contribution in [0.15, 0.2) is 47.2 Å². The van der Waals surface area contributed by atoms with Crippen LogP contribution in [0.1, 0.15) is 29.7 Å². The number of rotatable bonds is 4. The predicted octanol–water partition coefficient (Wildman–Crippen LogP) is 3.85. The van der Waals surface area contributed by atoms with Crippen molar-refractivity contribution in [2.24, 2.45) is 0 Å². The normalized spacial score (nSPS) is 12.4. The standard InChI is InChI=1S/C15H17BrN2/c1-3-18-15(12-6-5-9-17-10-12)13-7-4-8-14(16)11(13)2/h4-10,15,18H,3H2,1-2H3. The first-order chi connectivity index (χ1) is 8.74. The maximum Gasteiger partial charge on any atom is 0.0594 e. The van der Waals surface area contributed by atoms with Gasteiger partial charge in [0.2, 0.25) is 0 Å². The maximum atomic E-state index is 4.21. The maximum absolute atomic E-state index is 4.21. The van der Waals surface area contributed by atoms with Gasteiger partial charge >= 0.3 is 0 Å². The second kappa shape index (κ2) is 6.12.